The summed E-state index contributed by atoms with van der Waals surface area (Å²) < 4.78 is 2.06. The average molecular weight is 274 g/mol. The summed E-state index contributed by atoms with van der Waals surface area (Å²) in [6.07, 6.45) is 11.9. The summed E-state index contributed by atoms with van der Waals surface area (Å²) in [4.78, 5) is 8.54. The molecule has 0 saturated heterocycles. The number of aromatic nitrogens is 3. The van der Waals surface area contributed by atoms with Crippen LogP contribution in [0.15, 0.2) is 67.5 Å². The van der Waals surface area contributed by atoms with Crippen LogP contribution >= 0.6 is 0 Å². The van der Waals surface area contributed by atoms with Gasteiger partial charge in [-0.15, -0.1) is 0 Å². The predicted molar refractivity (Wildman–Crippen MR) is 79.8 cm³/mol. The van der Waals surface area contributed by atoms with Gasteiger partial charge in [-0.2, -0.15) is 0 Å². The molecule has 0 spiro atoms. The summed E-state index contributed by atoms with van der Waals surface area (Å²) in [6.45, 7) is 0. The minimum atomic E-state index is 0.332. The van der Waals surface area contributed by atoms with Crippen LogP contribution in [0.5, 0.6) is 0 Å². The lowest BCUT2D eigenvalue weighted by molar-refractivity contribution is -0.671. The van der Waals surface area contributed by atoms with E-state index in [2.05, 4.69) is 57.3 Å². The van der Waals surface area contributed by atoms with E-state index in [4.69, 9.17) is 0 Å². The van der Waals surface area contributed by atoms with E-state index >= 15 is 0 Å². The second kappa shape index (κ2) is 4.77. The van der Waals surface area contributed by atoms with E-state index in [9.17, 15) is 0 Å². The van der Waals surface area contributed by atoms with E-state index in [-0.39, 0.29) is 0 Å². The van der Waals surface area contributed by atoms with E-state index in [0.29, 0.717) is 11.8 Å². The fraction of sp³-hybridized carbons (Fsp3) is 0.167. The Morgan fingerprint density at radius 3 is 1.95 bits per heavy atom. The van der Waals surface area contributed by atoms with Crippen LogP contribution in [0.4, 0.5) is 0 Å². The number of nitrogens with zero attached hydrogens (tertiary/aromatic N) is 3. The van der Waals surface area contributed by atoms with Crippen LogP contribution in [-0.4, -0.2) is 9.97 Å². The fourth-order valence-corrected chi connectivity index (χ4v) is 3.26. The van der Waals surface area contributed by atoms with E-state index in [1.165, 1.54) is 22.3 Å². The molecule has 0 aromatic carbocycles. The van der Waals surface area contributed by atoms with Crippen molar-refractivity contribution in [3.05, 3.63) is 89.8 Å². The average Bonchev–Trinajstić information content (AvgIpc) is 2.79. The van der Waals surface area contributed by atoms with Crippen molar-refractivity contribution in [1.29, 1.82) is 0 Å². The third kappa shape index (κ3) is 2.02. The molecule has 2 unspecified atom stereocenters. The number of pyridine rings is 3. The molecule has 3 aromatic rings. The molecule has 1 aliphatic rings. The summed E-state index contributed by atoms with van der Waals surface area (Å²) in [5.74, 6) is 0.671. The van der Waals surface area contributed by atoms with Gasteiger partial charge in [-0.25, -0.2) is 4.57 Å². The maximum Gasteiger partial charge on any atom is 0.168 e. The van der Waals surface area contributed by atoms with Crippen LogP contribution in [0.3, 0.4) is 0 Å². The molecular formula is C18H16N3+. The summed E-state index contributed by atoms with van der Waals surface area (Å²) in [7, 11) is 2.04. The van der Waals surface area contributed by atoms with Crippen molar-refractivity contribution >= 4 is 0 Å². The number of hydrogen-bond donors (Lipinski definition) is 0. The molecular weight excluding hydrogens is 258 g/mol. The Hall–Kier alpha value is -2.55. The second-order valence-electron chi connectivity index (χ2n) is 5.58. The quantitative estimate of drug-likeness (QED) is 0.672. The molecule has 4 rings (SSSR count). The standard InChI is InChI=1S/C18H16N3/c1-21-8-4-14(5-9-21)18-16-10-15(11-20-12-16)17(18)13-2-6-19-7-3-13/h2-12,17-18H,1H3/q+1. The first kappa shape index (κ1) is 12.2. The van der Waals surface area contributed by atoms with Crippen molar-refractivity contribution in [1.82, 2.24) is 9.97 Å². The van der Waals surface area contributed by atoms with E-state index < -0.39 is 0 Å². The Balaban J connectivity index is 1.85. The van der Waals surface area contributed by atoms with Gasteiger partial charge in [-0.05, 0) is 34.4 Å². The van der Waals surface area contributed by atoms with Crippen LogP contribution in [0.2, 0.25) is 0 Å². The summed E-state index contributed by atoms with van der Waals surface area (Å²) in [5.41, 5.74) is 5.21. The minimum Gasteiger partial charge on any atom is -0.265 e. The Morgan fingerprint density at radius 1 is 0.762 bits per heavy atom. The van der Waals surface area contributed by atoms with Gasteiger partial charge in [0.15, 0.2) is 12.4 Å². The van der Waals surface area contributed by atoms with Crippen molar-refractivity contribution in [2.24, 2.45) is 7.05 Å². The second-order valence-corrected chi connectivity index (χ2v) is 5.58. The summed E-state index contributed by atoms with van der Waals surface area (Å²) in [5, 5.41) is 0. The van der Waals surface area contributed by atoms with Crippen molar-refractivity contribution in [2.75, 3.05) is 0 Å². The van der Waals surface area contributed by atoms with E-state index in [0.717, 1.165) is 0 Å². The highest BCUT2D eigenvalue weighted by atomic mass is 14.9. The van der Waals surface area contributed by atoms with E-state index in [1.807, 2.05) is 31.8 Å². The van der Waals surface area contributed by atoms with Gasteiger partial charge in [0, 0.05) is 48.8 Å². The summed E-state index contributed by atoms with van der Waals surface area (Å²) in [6, 6.07) is 10.9. The molecule has 3 heterocycles. The first-order chi connectivity index (χ1) is 10.3. The maximum atomic E-state index is 4.39. The third-order valence-corrected chi connectivity index (χ3v) is 4.26. The molecule has 3 nitrogen and oxygen atoms in total. The first-order valence-corrected chi connectivity index (χ1v) is 7.13. The Bertz CT molecular complexity index is 766. The zero-order valence-electron chi connectivity index (χ0n) is 11.8. The number of fused-ring (bicyclic) bond motifs is 2. The Labute approximate surface area is 124 Å². The lowest BCUT2D eigenvalue weighted by Crippen LogP contribution is -2.26. The van der Waals surface area contributed by atoms with Crippen LogP contribution < -0.4 is 4.57 Å². The van der Waals surface area contributed by atoms with Gasteiger partial charge in [0.25, 0.3) is 0 Å². The molecule has 0 amide bonds. The topological polar surface area (TPSA) is 29.7 Å². The number of rotatable bonds is 2. The third-order valence-electron chi connectivity index (χ3n) is 4.26. The molecule has 1 aliphatic carbocycles. The molecule has 3 aromatic heterocycles. The van der Waals surface area contributed by atoms with Gasteiger partial charge in [0.1, 0.15) is 7.05 Å². The first-order valence-electron chi connectivity index (χ1n) is 7.13. The highest BCUT2D eigenvalue weighted by molar-refractivity contribution is 5.48. The number of hydrogen-bond acceptors (Lipinski definition) is 2. The molecule has 0 N–H and O–H groups in total. The van der Waals surface area contributed by atoms with Crippen LogP contribution in [0, 0.1) is 0 Å². The lowest BCUT2D eigenvalue weighted by Gasteiger charge is -2.21. The smallest absolute Gasteiger partial charge is 0.168 e. The van der Waals surface area contributed by atoms with Crippen LogP contribution in [-0.2, 0) is 7.05 Å². The molecule has 3 heteroatoms. The fourth-order valence-electron chi connectivity index (χ4n) is 3.26. The van der Waals surface area contributed by atoms with Gasteiger partial charge >= 0.3 is 0 Å². The highest BCUT2D eigenvalue weighted by Gasteiger charge is 2.34. The Morgan fingerprint density at radius 2 is 1.33 bits per heavy atom. The SMILES string of the molecule is C[n+]1ccc(C2c3cncc(c3)C2c2ccncc2)cc1. The van der Waals surface area contributed by atoms with Gasteiger partial charge < -0.3 is 0 Å². The highest BCUT2D eigenvalue weighted by Crippen LogP contribution is 2.47. The Kier molecular flexibility index (Phi) is 2.78. The number of aryl methyl sites for hydroxylation is 1. The van der Waals surface area contributed by atoms with Crippen LogP contribution in [0.25, 0.3) is 0 Å². The van der Waals surface area contributed by atoms with E-state index in [1.54, 1.807) is 0 Å². The zero-order valence-corrected chi connectivity index (χ0v) is 11.8. The van der Waals surface area contributed by atoms with Crippen LogP contribution in [0.1, 0.15) is 34.1 Å². The molecule has 21 heavy (non-hydrogen) atoms. The van der Waals surface area contributed by atoms with Crippen molar-refractivity contribution in [2.45, 2.75) is 11.8 Å². The minimum absolute atomic E-state index is 0.332. The normalized spacial score (nSPS) is 19.7. The monoisotopic (exact) mass is 274 g/mol. The molecule has 0 aliphatic heterocycles. The molecule has 2 atom stereocenters. The zero-order chi connectivity index (χ0) is 14.2. The molecule has 0 radical (unpaired) electrons. The molecule has 2 bridgehead atoms. The van der Waals surface area contributed by atoms with Crippen molar-refractivity contribution < 1.29 is 4.57 Å². The predicted octanol–water partition coefficient (Wildman–Crippen LogP) is 2.58. The maximum absolute atomic E-state index is 4.39. The van der Waals surface area contributed by atoms with Gasteiger partial charge in [0.2, 0.25) is 0 Å². The van der Waals surface area contributed by atoms with Crippen molar-refractivity contribution in [3.8, 4) is 0 Å². The molecule has 0 fully saturated rings. The molecule has 0 saturated carbocycles. The van der Waals surface area contributed by atoms with Gasteiger partial charge in [-0.3, -0.25) is 9.97 Å². The lowest BCUT2D eigenvalue weighted by atomic mass is 9.81. The van der Waals surface area contributed by atoms with Crippen molar-refractivity contribution in [3.63, 3.8) is 0 Å². The summed E-state index contributed by atoms with van der Waals surface area (Å²) >= 11 is 0. The largest absolute Gasteiger partial charge is 0.265 e. The van der Waals surface area contributed by atoms with Gasteiger partial charge in [0.05, 0.1) is 0 Å². The van der Waals surface area contributed by atoms with Gasteiger partial charge in [-0.1, -0.05) is 6.07 Å². The molecule has 102 valence electrons.